The van der Waals surface area contributed by atoms with Gasteiger partial charge in [0.05, 0.1) is 6.54 Å². The van der Waals surface area contributed by atoms with Gasteiger partial charge >= 0.3 is 0 Å². The molecule has 4 heterocycles. The number of likely N-dealkylation sites (N-methyl/N-ethyl adjacent to an activating group) is 1. The van der Waals surface area contributed by atoms with E-state index < -0.39 is 0 Å². The zero-order valence-corrected chi connectivity index (χ0v) is 16.5. The largest absolute Gasteiger partial charge is 0.454 e. The topological polar surface area (TPSA) is 74.8 Å². The number of hydrogen-bond acceptors (Lipinski definition) is 5. The fourth-order valence-electron chi connectivity index (χ4n) is 4.22. The second-order valence-corrected chi connectivity index (χ2v) is 7.91. The Morgan fingerprint density at radius 3 is 2.86 bits per heavy atom. The van der Waals surface area contributed by atoms with Crippen molar-refractivity contribution >= 4 is 11.8 Å². The van der Waals surface area contributed by atoms with E-state index >= 15 is 0 Å². The molecule has 0 radical (unpaired) electrons. The molecule has 0 aromatic carbocycles. The maximum absolute atomic E-state index is 13.1. The minimum absolute atomic E-state index is 0.0804. The Labute approximate surface area is 164 Å². The van der Waals surface area contributed by atoms with E-state index in [1.807, 2.05) is 30.3 Å². The molecule has 2 fully saturated rings. The summed E-state index contributed by atoms with van der Waals surface area (Å²) in [5.41, 5.74) is -0.154. The zero-order chi connectivity index (χ0) is 19.7. The molecule has 2 saturated heterocycles. The average Bonchev–Trinajstić information content (AvgIpc) is 3.35. The zero-order valence-electron chi connectivity index (χ0n) is 16.5. The standard InChI is InChI=1S/C20H27N5O3/c1-22-11-8-20(7-6-18(22)26)15-24(13-12-23(20)2)19(27)17-5-4-16(28-17)14-25-10-3-9-21-25/h3-5,9-10H,6-8,11-15H2,1-2H3/t20-/m1/s1. The number of carbonyl (C=O) groups is 2. The Kier molecular flexibility index (Phi) is 4.97. The third-order valence-corrected chi connectivity index (χ3v) is 6.18. The molecule has 2 aromatic rings. The highest BCUT2D eigenvalue weighted by Crippen LogP contribution is 2.32. The van der Waals surface area contributed by atoms with Crippen LogP contribution in [-0.4, -0.2) is 82.1 Å². The Balaban J connectivity index is 1.47. The summed E-state index contributed by atoms with van der Waals surface area (Å²) in [5, 5.41) is 4.17. The first-order valence-electron chi connectivity index (χ1n) is 9.77. The van der Waals surface area contributed by atoms with Crippen molar-refractivity contribution in [2.24, 2.45) is 0 Å². The van der Waals surface area contributed by atoms with E-state index in [1.165, 1.54) is 0 Å². The van der Waals surface area contributed by atoms with Gasteiger partial charge in [0.15, 0.2) is 5.76 Å². The fourth-order valence-corrected chi connectivity index (χ4v) is 4.22. The average molecular weight is 385 g/mol. The fraction of sp³-hybridized carbons (Fsp3) is 0.550. The van der Waals surface area contributed by atoms with E-state index in [0.29, 0.717) is 37.6 Å². The highest BCUT2D eigenvalue weighted by molar-refractivity contribution is 5.91. The Bertz CT molecular complexity index is 846. The van der Waals surface area contributed by atoms with Crippen LogP contribution in [0.25, 0.3) is 0 Å². The van der Waals surface area contributed by atoms with Gasteiger partial charge in [-0.2, -0.15) is 5.10 Å². The summed E-state index contributed by atoms with van der Waals surface area (Å²) in [4.78, 5) is 31.2. The molecule has 2 amide bonds. The summed E-state index contributed by atoms with van der Waals surface area (Å²) in [5.74, 6) is 1.17. The quantitative estimate of drug-likeness (QED) is 0.796. The number of amides is 2. The van der Waals surface area contributed by atoms with E-state index in [4.69, 9.17) is 4.42 Å². The van der Waals surface area contributed by atoms with Gasteiger partial charge in [-0.25, -0.2) is 0 Å². The van der Waals surface area contributed by atoms with Crippen molar-refractivity contribution in [3.8, 4) is 0 Å². The van der Waals surface area contributed by atoms with Gasteiger partial charge in [0.2, 0.25) is 5.91 Å². The number of piperazine rings is 1. The summed E-state index contributed by atoms with van der Waals surface area (Å²) in [6.07, 6.45) is 5.75. The van der Waals surface area contributed by atoms with Crippen molar-refractivity contribution in [3.05, 3.63) is 42.1 Å². The van der Waals surface area contributed by atoms with Gasteiger partial charge in [-0.1, -0.05) is 0 Å². The van der Waals surface area contributed by atoms with Crippen LogP contribution in [0, 0.1) is 0 Å². The molecule has 0 unspecified atom stereocenters. The SMILES string of the molecule is CN1CC[C@]2(CCC1=O)CN(C(=O)c1ccc(Cn3cccn3)o1)CCN2C. The van der Waals surface area contributed by atoms with Crippen molar-refractivity contribution in [2.45, 2.75) is 31.3 Å². The molecule has 0 aliphatic carbocycles. The number of furan rings is 1. The van der Waals surface area contributed by atoms with E-state index in [-0.39, 0.29) is 17.4 Å². The van der Waals surface area contributed by atoms with E-state index in [2.05, 4.69) is 17.0 Å². The molecule has 2 aromatic heterocycles. The normalized spacial score (nSPS) is 24.0. The lowest BCUT2D eigenvalue weighted by Gasteiger charge is -2.49. The number of aromatic nitrogens is 2. The number of hydrogen-bond donors (Lipinski definition) is 0. The molecule has 2 aliphatic rings. The number of rotatable bonds is 3. The summed E-state index contributed by atoms with van der Waals surface area (Å²) >= 11 is 0. The lowest BCUT2D eigenvalue weighted by atomic mass is 9.86. The molecule has 8 heteroatoms. The van der Waals surface area contributed by atoms with Crippen LogP contribution >= 0.6 is 0 Å². The molecule has 0 saturated carbocycles. The molecular weight excluding hydrogens is 358 g/mol. The van der Waals surface area contributed by atoms with E-state index in [9.17, 15) is 9.59 Å². The third kappa shape index (κ3) is 3.56. The molecule has 0 N–H and O–H groups in total. The molecule has 28 heavy (non-hydrogen) atoms. The number of likely N-dealkylation sites (tertiary alicyclic amines) is 1. The predicted octanol–water partition coefficient (Wildman–Crippen LogP) is 1.29. The van der Waals surface area contributed by atoms with Gasteiger partial charge in [-0.15, -0.1) is 0 Å². The summed E-state index contributed by atoms with van der Waals surface area (Å²) < 4.78 is 7.57. The first-order valence-corrected chi connectivity index (χ1v) is 9.77. The van der Waals surface area contributed by atoms with Crippen molar-refractivity contribution in [1.29, 1.82) is 0 Å². The number of carbonyl (C=O) groups excluding carboxylic acids is 2. The lowest BCUT2D eigenvalue weighted by molar-refractivity contribution is -0.129. The first-order chi connectivity index (χ1) is 13.5. The summed E-state index contributed by atoms with van der Waals surface area (Å²) in [7, 11) is 3.96. The number of nitrogens with zero attached hydrogens (tertiary/aromatic N) is 5. The summed E-state index contributed by atoms with van der Waals surface area (Å²) in [6, 6.07) is 5.43. The van der Waals surface area contributed by atoms with Crippen molar-refractivity contribution < 1.29 is 14.0 Å². The van der Waals surface area contributed by atoms with Crippen LogP contribution in [0.3, 0.4) is 0 Å². The summed E-state index contributed by atoms with van der Waals surface area (Å²) in [6.45, 7) is 3.31. The van der Waals surface area contributed by atoms with Crippen molar-refractivity contribution in [1.82, 2.24) is 24.5 Å². The van der Waals surface area contributed by atoms with Crippen LogP contribution in [0.4, 0.5) is 0 Å². The second-order valence-electron chi connectivity index (χ2n) is 7.91. The van der Waals surface area contributed by atoms with E-state index in [1.54, 1.807) is 21.8 Å². The minimum Gasteiger partial charge on any atom is -0.454 e. The highest BCUT2D eigenvalue weighted by Gasteiger charge is 2.43. The molecule has 150 valence electrons. The van der Waals surface area contributed by atoms with Gasteiger partial charge in [-0.05, 0) is 38.1 Å². The van der Waals surface area contributed by atoms with Crippen LogP contribution < -0.4 is 0 Å². The van der Waals surface area contributed by atoms with Crippen molar-refractivity contribution in [3.63, 3.8) is 0 Å². The Morgan fingerprint density at radius 2 is 2.07 bits per heavy atom. The van der Waals surface area contributed by atoms with Gasteiger partial charge in [0, 0.05) is 57.6 Å². The second kappa shape index (κ2) is 7.43. The molecule has 4 rings (SSSR count). The smallest absolute Gasteiger partial charge is 0.289 e. The molecular formula is C20H27N5O3. The lowest BCUT2D eigenvalue weighted by Crippen LogP contribution is -2.62. The molecule has 0 bridgehead atoms. The van der Waals surface area contributed by atoms with Gasteiger partial charge in [0.25, 0.3) is 5.91 Å². The molecule has 1 spiro atoms. The van der Waals surface area contributed by atoms with Crippen LogP contribution in [0.15, 0.2) is 35.0 Å². The predicted molar refractivity (Wildman–Crippen MR) is 103 cm³/mol. The van der Waals surface area contributed by atoms with Crippen LogP contribution in [0.2, 0.25) is 0 Å². The maximum atomic E-state index is 13.1. The molecule has 8 nitrogen and oxygen atoms in total. The first kappa shape index (κ1) is 18.7. The third-order valence-electron chi connectivity index (χ3n) is 6.18. The van der Waals surface area contributed by atoms with Gasteiger partial charge < -0.3 is 14.2 Å². The Morgan fingerprint density at radius 1 is 1.21 bits per heavy atom. The molecule has 1 atom stereocenters. The Hall–Kier alpha value is -2.61. The monoisotopic (exact) mass is 385 g/mol. The highest BCUT2D eigenvalue weighted by atomic mass is 16.4. The van der Waals surface area contributed by atoms with Crippen LogP contribution in [0.5, 0.6) is 0 Å². The van der Waals surface area contributed by atoms with Crippen molar-refractivity contribution in [2.75, 3.05) is 40.3 Å². The van der Waals surface area contributed by atoms with Gasteiger partial charge in [0.1, 0.15) is 5.76 Å². The van der Waals surface area contributed by atoms with E-state index in [0.717, 1.165) is 25.9 Å². The van der Waals surface area contributed by atoms with Crippen LogP contribution in [-0.2, 0) is 11.3 Å². The molecule has 2 aliphatic heterocycles. The van der Waals surface area contributed by atoms with Gasteiger partial charge in [-0.3, -0.25) is 19.2 Å². The van der Waals surface area contributed by atoms with Crippen LogP contribution in [0.1, 0.15) is 35.6 Å². The maximum Gasteiger partial charge on any atom is 0.289 e. The minimum atomic E-state index is -0.154.